The highest BCUT2D eigenvalue weighted by Crippen LogP contribution is 2.42. The van der Waals surface area contributed by atoms with Gasteiger partial charge < -0.3 is 20.1 Å². The number of rotatable bonds is 7. The van der Waals surface area contributed by atoms with Gasteiger partial charge in [-0.15, -0.1) is 0 Å². The van der Waals surface area contributed by atoms with Gasteiger partial charge in [0, 0.05) is 30.4 Å². The summed E-state index contributed by atoms with van der Waals surface area (Å²) in [6, 6.07) is 4.70. The third-order valence-electron chi connectivity index (χ3n) is 6.69. The number of benzene rings is 1. The molecule has 6 nitrogen and oxygen atoms in total. The van der Waals surface area contributed by atoms with E-state index in [1.165, 1.54) is 6.07 Å². The molecule has 3 aliphatic rings. The lowest BCUT2D eigenvalue weighted by atomic mass is 9.68. The summed E-state index contributed by atoms with van der Waals surface area (Å²) >= 11 is 0. The first-order valence-electron chi connectivity index (χ1n) is 10.5. The summed E-state index contributed by atoms with van der Waals surface area (Å²) in [5, 5.41) is 5.87. The first kappa shape index (κ1) is 20.0. The van der Waals surface area contributed by atoms with E-state index in [0.717, 1.165) is 30.6 Å². The fraction of sp³-hybridized carbons (Fsp3) is 0.636. The molecule has 158 valence electrons. The molecule has 1 aliphatic carbocycles. The average Bonchev–Trinajstić information content (AvgIpc) is 3.19. The van der Waals surface area contributed by atoms with E-state index >= 15 is 0 Å². The number of ether oxygens (including phenoxy) is 2. The Bertz CT molecular complexity index is 808. The third-order valence-corrected chi connectivity index (χ3v) is 6.69. The largest absolute Gasteiger partial charge is 0.487 e. The Morgan fingerprint density at radius 2 is 2.17 bits per heavy atom. The second kappa shape index (κ2) is 7.50. The van der Waals surface area contributed by atoms with E-state index in [-0.39, 0.29) is 34.7 Å². The fourth-order valence-electron chi connectivity index (χ4n) is 5.08. The lowest BCUT2D eigenvalue weighted by Gasteiger charge is -2.42. The van der Waals surface area contributed by atoms with Gasteiger partial charge in [-0.2, -0.15) is 0 Å². The van der Waals surface area contributed by atoms with E-state index < -0.39 is 6.09 Å². The summed E-state index contributed by atoms with van der Waals surface area (Å²) in [6.45, 7) is 5.17. The van der Waals surface area contributed by atoms with Crippen LogP contribution in [0.4, 0.5) is 9.18 Å². The molecule has 1 aromatic carbocycles. The van der Waals surface area contributed by atoms with Crippen LogP contribution in [0.1, 0.15) is 51.5 Å². The van der Waals surface area contributed by atoms with Crippen LogP contribution in [0.25, 0.3) is 0 Å². The molecule has 0 aromatic heterocycles. The third kappa shape index (κ3) is 3.91. The number of hydrogen-bond acceptors (Lipinski definition) is 4. The SMILES string of the molecule is CCCC(CCNC(=O)[C@H]1C[C@]2(COC(=O)N2)C1)C1(C)Cc2cc(F)ccc2O1. The number of alkyl carbamates (subject to hydrolysis) is 1. The molecule has 0 bridgehead atoms. The lowest BCUT2D eigenvalue weighted by Crippen LogP contribution is -2.57. The van der Waals surface area contributed by atoms with Gasteiger partial charge in [-0.05, 0) is 50.8 Å². The number of nitrogens with one attached hydrogen (secondary N) is 2. The number of carbonyl (C=O) groups is 2. The Hall–Kier alpha value is -2.31. The van der Waals surface area contributed by atoms with Crippen LogP contribution in [0, 0.1) is 17.7 Å². The van der Waals surface area contributed by atoms with Crippen molar-refractivity contribution in [1.29, 1.82) is 0 Å². The van der Waals surface area contributed by atoms with Crippen molar-refractivity contribution in [2.45, 2.75) is 63.5 Å². The van der Waals surface area contributed by atoms with Crippen molar-refractivity contribution < 1.29 is 23.5 Å². The summed E-state index contributed by atoms with van der Waals surface area (Å²) in [5.41, 5.74) is 0.192. The average molecular weight is 404 g/mol. The van der Waals surface area contributed by atoms with E-state index in [0.29, 0.717) is 32.4 Å². The molecule has 2 fully saturated rings. The number of carbonyl (C=O) groups excluding carboxylic acids is 2. The minimum absolute atomic E-state index is 0.0369. The van der Waals surface area contributed by atoms with Crippen LogP contribution < -0.4 is 15.4 Å². The summed E-state index contributed by atoms with van der Waals surface area (Å²) in [7, 11) is 0. The van der Waals surface area contributed by atoms with E-state index in [2.05, 4.69) is 24.5 Å². The van der Waals surface area contributed by atoms with Gasteiger partial charge in [0.25, 0.3) is 0 Å². The van der Waals surface area contributed by atoms with E-state index in [4.69, 9.17) is 9.47 Å². The quantitative estimate of drug-likeness (QED) is 0.731. The minimum atomic E-state index is -0.392. The molecule has 0 radical (unpaired) electrons. The van der Waals surface area contributed by atoms with E-state index in [1.807, 2.05) is 0 Å². The number of halogens is 1. The van der Waals surface area contributed by atoms with Crippen LogP contribution in [0.3, 0.4) is 0 Å². The zero-order valence-corrected chi connectivity index (χ0v) is 17.1. The molecule has 1 spiro atoms. The van der Waals surface area contributed by atoms with Crippen LogP contribution >= 0.6 is 0 Å². The highest BCUT2D eigenvalue weighted by atomic mass is 19.1. The van der Waals surface area contributed by atoms with Crippen molar-refractivity contribution >= 4 is 12.0 Å². The number of fused-ring (bicyclic) bond motifs is 1. The van der Waals surface area contributed by atoms with Crippen LogP contribution in [0.5, 0.6) is 5.75 Å². The summed E-state index contributed by atoms with van der Waals surface area (Å²) < 4.78 is 24.8. The predicted octanol–water partition coefficient (Wildman–Crippen LogP) is 3.33. The maximum Gasteiger partial charge on any atom is 0.407 e. The van der Waals surface area contributed by atoms with Crippen LogP contribution in [-0.2, 0) is 16.0 Å². The zero-order chi connectivity index (χ0) is 20.6. The van der Waals surface area contributed by atoms with Gasteiger partial charge in [0.2, 0.25) is 5.91 Å². The van der Waals surface area contributed by atoms with Crippen molar-refractivity contribution in [1.82, 2.24) is 10.6 Å². The zero-order valence-electron chi connectivity index (χ0n) is 17.1. The standard InChI is InChI=1S/C22H29FN2O4/c1-3-4-16(21(2)10-14-9-17(23)5-6-18(14)29-21)7-8-24-19(26)15-11-22(12-15)13-28-20(27)25-22/h5-6,9,15-16H,3-4,7-8,10-13H2,1-2H3,(H,24,26)(H,25,27)/t15-,16?,21?,22+. The second-order valence-corrected chi connectivity index (χ2v) is 9.00. The van der Waals surface area contributed by atoms with Crippen LogP contribution in [0.15, 0.2) is 18.2 Å². The van der Waals surface area contributed by atoms with E-state index in [9.17, 15) is 14.0 Å². The van der Waals surface area contributed by atoms with Crippen molar-refractivity contribution in [2.24, 2.45) is 11.8 Å². The van der Waals surface area contributed by atoms with Crippen LogP contribution in [-0.4, -0.2) is 36.3 Å². The molecule has 4 rings (SSSR count). The molecule has 2 heterocycles. The van der Waals surface area contributed by atoms with Crippen molar-refractivity contribution in [3.8, 4) is 5.75 Å². The first-order valence-corrected chi connectivity index (χ1v) is 10.5. The molecule has 1 saturated heterocycles. The molecular weight excluding hydrogens is 375 g/mol. The van der Waals surface area contributed by atoms with Gasteiger partial charge in [0.05, 0.1) is 5.54 Å². The Kier molecular flexibility index (Phi) is 5.17. The van der Waals surface area contributed by atoms with Crippen molar-refractivity contribution in [3.05, 3.63) is 29.6 Å². The molecule has 7 heteroatoms. The smallest absolute Gasteiger partial charge is 0.407 e. The summed E-state index contributed by atoms with van der Waals surface area (Å²) in [4.78, 5) is 23.7. The highest BCUT2D eigenvalue weighted by molar-refractivity contribution is 5.81. The molecule has 2 amide bonds. The molecule has 29 heavy (non-hydrogen) atoms. The molecule has 1 saturated carbocycles. The van der Waals surface area contributed by atoms with Gasteiger partial charge in [-0.1, -0.05) is 13.3 Å². The molecule has 1 aromatic rings. The van der Waals surface area contributed by atoms with Gasteiger partial charge in [0.1, 0.15) is 23.8 Å². The summed E-state index contributed by atoms with van der Waals surface area (Å²) in [6.07, 6.45) is 4.37. The first-order chi connectivity index (χ1) is 13.8. The highest BCUT2D eigenvalue weighted by Gasteiger charge is 2.52. The van der Waals surface area contributed by atoms with E-state index in [1.54, 1.807) is 12.1 Å². The molecule has 2 aliphatic heterocycles. The monoisotopic (exact) mass is 404 g/mol. The maximum absolute atomic E-state index is 13.6. The van der Waals surface area contributed by atoms with Crippen LogP contribution in [0.2, 0.25) is 0 Å². The van der Waals surface area contributed by atoms with Gasteiger partial charge in [-0.25, -0.2) is 9.18 Å². The Morgan fingerprint density at radius 3 is 2.86 bits per heavy atom. The molecule has 2 N–H and O–H groups in total. The predicted molar refractivity (Wildman–Crippen MR) is 105 cm³/mol. The normalized spacial score (nSPS) is 30.7. The van der Waals surface area contributed by atoms with Gasteiger partial charge >= 0.3 is 6.09 Å². The Balaban J connectivity index is 1.28. The number of hydrogen-bond donors (Lipinski definition) is 2. The second-order valence-electron chi connectivity index (χ2n) is 9.00. The van der Waals surface area contributed by atoms with Crippen molar-refractivity contribution in [2.75, 3.05) is 13.2 Å². The van der Waals surface area contributed by atoms with Crippen molar-refractivity contribution in [3.63, 3.8) is 0 Å². The minimum Gasteiger partial charge on any atom is -0.487 e. The number of cyclic esters (lactones) is 1. The Morgan fingerprint density at radius 1 is 1.38 bits per heavy atom. The molecule has 2 atom stereocenters. The lowest BCUT2D eigenvalue weighted by molar-refractivity contribution is -0.130. The fourth-order valence-corrected chi connectivity index (χ4v) is 5.08. The maximum atomic E-state index is 13.6. The van der Waals surface area contributed by atoms with Gasteiger partial charge in [0.15, 0.2) is 0 Å². The molecule has 2 unspecified atom stereocenters. The number of amides is 2. The van der Waals surface area contributed by atoms with Gasteiger partial charge in [-0.3, -0.25) is 4.79 Å². The molecular formula is C22H29FN2O4. The summed E-state index contributed by atoms with van der Waals surface area (Å²) in [5.74, 6) is 0.748. The topological polar surface area (TPSA) is 76.7 Å². The Labute approximate surface area is 170 Å².